The predicted octanol–water partition coefficient (Wildman–Crippen LogP) is 4.39. The lowest BCUT2D eigenvalue weighted by molar-refractivity contribution is -0.115. The van der Waals surface area contributed by atoms with Crippen LogP contribution in [0.1, 0.15) is 30.3 Å². The predicted molar refractivity (Wildman–Crippen MR) is 126 cm³/mol. The van der Waals surface area contributed by atoms with Crippen molar-refractivity contribution in [1.29, 1.82) is 0 Å². The number of hydrogen-bond donors (Lipinski definition) is 0. The number of likely N-dealkylation sites (tertiary alicyclic amines) is 1. The van der Waals surface area contributed by atoms with Crippen molar-refractivity contribution in [3.05, 3.63) is 65.0 Å². The number of carbonyl (C=O) groups excluding carboxylic acids is 1. The molecule has 3 aromatic rings. The largest absolute Gasteiger partial charge is 0.491 e. The molecule has 2 atom stereocenters. The minimum Gasteiger partial charge on any atom is -0.491 e. The third kappa shape index (κ3) is 5.26. The van der Waals surface area contributed by atoms with E-state index in [2.05, 4.69) is 4.90 Å². The van der Waals surface area contributed by atoms with Gasteiger partial charge >= 0.3 is 0 Å². The molecular weight excluding hydrogens is 444 g/mol. The number of ether oxygens (including phenoxy) is 1. The van der Waals surface area contributed by atoms with Crippen LogP contribution in [0.25, 0.3) is 11.3 Å². The molecule has 0 saturated carbocycles. The Balaban J connectivity index is 1.51. The highest BCUT2D eigenvalue weighted by atomic mass is 32.2. The summed E-state index contributed by atoms with van der Waals surface area (Å²) < 4.78 is 29.3. The van der Waals surface area contributed by atoms with E-state index in [0.717, 1.165) is 54.1 Å². The summed E-state index contributed by atoms with van der Waals surface area (Å²) in [5, 5.41) is 2.96. The Kier molecular flexibility index (Phi) is 7.03. The number of aldehydes is 1. The van der Waals surface area contributed by atoms with Crippen LogP contribution >= 0.6 is 11.3 Å². The molecule has 2 aromatic carbocycles. The van der Waals surface area contributed by atoms with Gasteiger partial charge in [0, 0.05) is 17.2 Å². The second-order valence-corrected chi connectivity index (χ2v) is 10.8. The number of aromatic nitrogens is 1. The molecule has 1 aliphatic rings. The maximum absolute atomic E-state index is 12.0. The van der Waals surface area contributed by atoms with Crippen molar-refractivity contribution in [3.63, 3.8) is 0 Å². The smallest absolute Gasteiger partial charge is 0.175 e. The molecule has 8 heteroatoms. The molecule has 2 heterocycles. The summed E-state index contributed by atoms with van der Waals surface area (Å²) in [5.74, 6) is 0.752. The van der Waals surface area contributed by atoms with Crippen molar-refractivity contribution in [1.82, 2.24) is 9.88 Å². The molecule has 1 saturated heterocycles. The SMILES string of the molecule is CS(=O)(=O)c1ccc(-c2csc(C3CCCCN3C(C=O)COc3ccccc3)n2)cc1. The van der Waals surface area contributed by atoms with E-state index in [4.69, 9.17) is 9.72 Å². The van der Waals surface area contributed by atoms with Crippen LogP contribution in [0.15, 0.2) is 64.9 Å². The molecule has 32 heavy (non-hydrogen) atoms. The van der Waals surface area contributed by atoms with Gasteiger partial charge < -0.3 is 9.53 Å². The highest BCUT2D eigenvalue weighted by molar-refractivity contribution is 7.90. The summed E-state index contributed by atoms with van der Waals surface area (Å²) in [4.78, 5) is 19.3. The van der Waals surface area contributed by atoms with Gasteiger partial charge in [-0.2, -0.15) is 0 Å². The molecule has 6 nitrogen and oxygen atoms in total. The molecule has 4 rings (SSSR count). The number of thiazole rings is 1. The van der Waals surface area contributed by atoms with Crippen LogP contribution in [-0.2, 0) is 14.6 Å². The van der Waals surface area contributed by atoms with E-state index in [1.807, 2.05) is 35.7 Å². The quantitative estimate of drug-likeness (QED) is 0.455. The first-order valence-corrected chi connectivity index (χ1v) is 13.4. The summed E-state index contributed by atoms with van der Waals surface area (Å²) in [5.41, 5.74) is 1.69. The first-order valence-electron chi connectivity index (χ1n) is 10.6. The zero-order valence-corrected chi connectivity index (χ0v) is 19.5. The Morgan fingerprint density at radius 1 is 1.16 bits per heavy atom. The number of piperidine rings is 1. The first kappa shape index (κ1) is 22.6. The second-order valence-electron chi connectivity index (χ2n) is 7.94. The third-order valence-electron chi connectivity index (χ3n) is 5.68. The number of carbonyl (C=O) groups is 1. The van der Waals surface area contributed by atoms with Crippen molar-refractivity contribution in [2.24, 2.45) is 0 Å². The maximum atomic E-state index is 12.0. The van der Waals surface area contributed by atoms with E-state index in [9.17, 15) is 13.2 Å². The Hall–Kier alpha value is -2.55. The van der Waals surface area contributed by atoms with Gasteiger partial charge in [0.25, 0.3) is 0 Å². The van der Waals surface area contributed by atoms with Gasteiger partial charge in [0.1, 0.15) is 29.7 Å². The molecule has 168 valence electrons. The minimum atomic E-state index is -3.23. The number of rotatable bonds is 8. The lowest BCUT2D eigenvalue weighted by Crippen LogP contribution is -2.45. The summed E-state index contributed by atoms with van der Waals surface area (Å²) in [6, 6.07) is 16.0. The van der Waals surface area contributed by atoms with Crippen molar-refractivity contribution >= 4 is 27.5 Å². The van der Waals surface area contributed by atoms with E-state index in [1.165, 1.54) is 6.26 Å². The van der Waals surface area contributed by atoms with Gasteiger partial charge in [-0.05, 0) is 43.7 Å². The number of hydrogen-bond acceptors (Lipinski definition) is 7. The van der Waals surface area contributed by atoms with Gasteiger partial charge in [0.05, 0.1) is 16.6 Å². The summed E-state index contributed by atoms with van der Waals surface area (Å²) in [6.07, 6.45) is 5.24. The summed E-state index contributed by atoms with van der Waals surface area (Å²) >= 11 is 1.58. The Bertz CT molecular complexity index is 1140. The maximum Gasteiger partial charge on any atom is 0.175 e. The first-order chi connectivity index (χ1) is 15.5. The van der Waals surface area contributed by atoms with Crippen molar-refractivity contribution in [2.75, 3.05) is 19.4 Å². The number of benzene rings is 2. The topological polar surface area (TPSA) is 76.6 Å². The number of sulfone groups is 1. The molecule has 1 fully saturated rings. The number of nitrogens with zero attached hydrogens (tertiary/aromatic N) is 2. The summed E-state index contributed by atoms with van der Waals surface area (Å²) in [6.45, 7) is 1.12. The second kappa shape index (κ2) is 9.94. The van der Waals surface area contributed by atoms with Crippen LogP contribution in [0.5, 0.6) is 5.75 Å². The average Bonchev–Trinajstić information content (AvgIpc) is 3.30. The fraction of sp³-hybridized carbons (Fsp3) is 0.333. The number of para-hydroxylation sites is 1. The van der Waals surface area contributed by atoms with Gasteiger partial charge in [0.15, 0.2) is 9.84 Å². The lowest BCUT2D eigenvalue weighted by atomic mass is 10.0. The van der Waals surface area contributed by atoms with E-state index >= 15 is 0 Å². The zero-order valence-electron chi connectivity index (χ0n) is 17.9. The standard InChI is InChI=1S/C24H26N2O4S2/c1-32(28,29)21-12-10-18(11-13-21)22-17-31-24(25-22)23-9-5-6-14-26(23)19(15-27)16-30-20-7-3-2-4-8-20/h2-4,7-8,10-13,15,17,19,23H,5-6,9,14,16H2,1H3. The molecule has 0 spiro atoms. The van der Waals surface area contributed by atoms with Crippen molar-refractivity contribution in [3.8, 4) is 17.0 Å². The average molecular weight is 471 g/mol. The van der Waals surface area contributed by atoms with E-state index < -0.39 is 9.84 Å². The molecule has 2 unspecified atom stereocenters. The normalized spacial score (nSPS) is 18.2. The molecule has 1 aliphatic heterocycles. The monoisotopic (exact) mass is 470 g/mol. The zero-order chi connectivity index (χ0) is 22.6. The summed E-state index contributed by atoms with van der Waals surface area (Å²) in [7, 11) is -3.23. The van der Waals surface area contributed by atoms with E-state index in [1.54, 1.807) is 35.6 Å². The Morgan fingerprint density at radius 2 is 1.91 bits per heavy atom. The van der Waals surface area contributed by atoms with Gasteiger partial charge in [-0.1, -0.05) is 36.8 Å². The molecule has 1 aromatic heterocycles. The molecule has 0 bridgehead atoms. The van der Waals surface area contributed by atoms with E-state index in [-0.39, 0.29) is 12.1 Å². The van der Waals surface area contributed by atoms with Gasteiger partial charge in [-0.25, -0.2) is 13.4 Å². The lowest BCUT2D eigenvalue weighted by Gasteiger charge is -2.37. The van der Waals surface area contributed by atoms with Crippen LogP contribution in [0, 0.1) is 0 Å². The molecule has 0 N–H and O–H groups in total. The van der Waals surface area contributed by atoms with Crippen LogP contribution in [0.2, 0.25) is 0 Å². The highest BCUT2D eigenvalue weighted by Crippen LogP contribution is 2.36. The van der Waals surface area contributed by atoms with Gasteiger partial charge in [0.2, 0.25) is 0 Å². The van der Waals surface area contributed by atoms with Crippen molar-refractivity contribution < 1.29 is 17.9 Å². The van der Waals surface area contributed by atoms with Crippen molar-refractivity contribution in [2.45, 2.75) is 36.2 Å². The van der Waals surface area contributed by atoms with Crippen LogP contribution < -0.4 is 4.74 Å². The fourth-order valence-electron chi connectivity index (χ4n) is 3.97. The Labute approximate surface area is 192 Å². The minimum absolute atomic E-state index is 0.0624. The molecular formula is C24H26N2O4S2. The third-order valence-corrected chi connectivity index (χ3v) is 7.75. The van der Waals surface area contributed by atoms with Crippen LogP contribution in [-0.4, -0.2) is 50.0 Å². The van der Waals surface area contributed by atoms with Crippen LogP contribution in [0.3, 0.4) is 0 Å². The molecule has 0 radical (unpaired) electrons. The molecule has 0 amide bonds. The van der Waals surface area contributed by atoms with E-state index in [0.29, 0.717) is 11.5 Å². The molecule has 0 aliphatic carbocycles. The highest BCUT2D eigenvalue weighted by Gasteiger charge is 2.32. The Morgan fingerprint density at radius 3 is 2.59 bits per heavy atom. The van der Waals surface area contributed by atoms with Crippen LogP contribution in [0.4, 0.5) is 0 Å². The van der Waals surface area contributed by atoms with Gasteiger partial charge in [-0.15, -0.1) is 11.3 Å². The fourth-order valence-corrected chi connectivity index (χ4v) is 5.59. The van der Waals surface area contributed by atoms with Gasteiger partial charge in [-0.3, -0.25) is 4.90 Å².